The predicted molar refractivity (Wildman–Crippen MR) is 82.1 cm³/mol. The maximum Gasteiger partial charge on any atom is 0.282 e. The molecule has 2 aliphatic heterocycles. The Bertz CT molecular complexity index is 429. The molecule has 0 N–H and O–H groups in total. The van der Waals surface area contributed by atoms with E-state index in [1.54, 1.807) is 8.61 Å². The van der Waals surface area contributed by atoms with Crippen molar-refractivity contribution in [1.29, 1.82) is 0 Å². The van der Waals surface area contributed by atoms with E-state index in [4.69, 9.17) is 11.6 Å². The summed E-state index contributed by atoms with van der Waals surface area (Å²) in [5.41, 5.74) is 0. The molecule has 3 unspecified atom stereocenters. The van der Waals surface area contributed by atoms with Gasteiger partial charge in [-0.25, -0.2) is 0 Å². The van der Waals surface area contributed by atoms with E-state index in [-0.39, 0.29) is 0 Å². The standard InChI is InChI=1S/C13H26ClN3O2S/c1-11-8-17(10-13(11)15(2)3)20(18,19)16-6-4-5-12(7-14)9-16/h11-13H,4-10H2,1-3H3. The Morgan fingerprint density at radius 1 is 1.20 bits per heavy atom. The highest BCUT2D eigenvalue weighted by molar-refractivity contribution is 7.86. The Balaban J connectivity index is 2.07. The molecule has 3 atom stereocenters. The molecule has 0 saturated carbocycles. The van der Waals surface area contributed by atoms with Gasteiger partial charge in [-0.3, -0.25) is 0 Å². The Hall–Kier alpha value is 0.120. The van der Waals surface area contributed by atoms with Crippen molar-refractivity contribution in [3.05, 3.63) is 0 Å². The first-order chi connectivity index (χ1) is 9.36. The first-order valence-corrected chi connectivity index (χ1v) is 9.27. The summed E-state index contributed by atoms with van der Waals surface area (Å²) in [5.74, 6) is 1.21. The number of hydrogen-bond acceptors (Lipinski definition) is 3. The minimum atomic E-state index is -3.32. The van der Waals surface area contributed by atoms with Crippen LogP contribution in [0.15, 0.2) is 0 Å². The van der Waals surface area contributed by atoms with Crippen LogP contribution < -0.4 is 0 Å². The fraction of sp³-hybridized carbons (Fsp3) is 1.00. The molecule has 0 spiro atoms. The van der Waals surface area contributed by atoms with E-state index in [0.717, 1.165) is 12.8 Å². The van der Waals surface area contributed by atoms with Gasteiger partial charge < -0.3 is 4.90 Å². The first-order valence-electron chi connectivity index (χ1n) is 7.34. The number of rotatable bonds is 4. The summed E-state index contributed by atoms with van der Waals surface area (Å²) in [5, 5.41) is 0. The van der Waals surface area contributed by atoms with Gasteiger partial charge in [0.2, 0.25) is 0 Å². The molecule has 0 radical (unpaired) electrons. The summed E-state index contributed by atoms with van der Waals surface area (Å²) in [4.78, 5) is 2.12. The molecule has 0 amide bonds. The van der Waals surface area contributed by atoms with Gasteiger partial charge in [0.05, 0.1) is 0 Å². The van der Waals surface area contributed by atoms with E-state index < -0.39 is 10.2 Å². The van der Waals surface area contributed by atoms with E-state index in [0.29, 0.717) is 49.9 Å². The molecule has 5 nitrogen and oxygen atoms in total. The van der Waals surface area contributed by atoms with E-state index in [2.05, 4.69) is 11.8 Å². The highest BCUT2D eigenvalue weighted by Gasteiger charge is 2.41. The molecule has 2 saturated heterocycles. The van der Waals surface area contributed by atoms with Crippen molar-refractivity contribution in [2.45, 2.75) is 25.8 Å². The van der Waals surface area contributed by atoms with Crippen molar-refractivity contribution in [1.82, 2.24) is 13.5 Å². The number of halogens is 1. The van der Waals surface area contributed by atoms with E-state index >= 15 is 0 Å². The molecule has 118 valence electrons. The maximum atomic E-state index is 12.8. The Morgan fingerprint density at radius 2 is 1.90 bits per heavy atom. The van der Waals surface area contributed by atoms with Crippen molar-refractivity contribution in [2.75, 3.05) is 46.2 Å². The van der Waals surface area contributed by atoms with Crippen LogP contribution in [-0.2, 0) is 10.2 Å². The van der Waals surface area contributed by atoms with Gasteiger partial charge >= 0.3 is 0 Å². The molecule has 20 heavy (non-hydrogen) atoms. The minimum Gasteiger partial charge on any atom is -0.305 e. The normalized spacial score (nSPS) is 34.0. The van der Waals surface area contributed by atoms with Crippen molar-refractivity contribution >= 4 is 21.8 Å². The van der Waals surface area contributed by atoms with Gasteiger partial charge in [0.15, 0.2) is 0 Å². The predicted octanol–water partition coefficient (Wildman–Crippen LogP) is 1.06. The summed E-state index contributed by atoms with van der Waals surface area (Å²) in [6, 6.07) is 0.304. The van der Waals surface area contributed by atoms with E-state index in [1.807, 2.05) is 14.1 Å². The van der Waals surface area contributed by atoms with Crippen molar-refractivity contribution in [3.63, 3.8) is 0 Å². The van der Waals surface area contributed by atoms with Crippen LogP contribution in [0.4, 0.5) is 0 Å². The van der Waals surface area contributed by atoms with E-state index in [9.17, 15) is 8.42 Å². The van der Waals surface area contributed by atoms with Crippen molar-refractivity contribution in [3.8, 4) is 0 Å². The van der Waals surface area contributed by atoms with Crippen LogP contribution >= 0.6 is 11.6 Å². The van der Waals surface area contributed by atoms with Crippen LogP contribution in [0.2, 0.25) is 0 Å². The van der Waals surface area contributed by atoms with Crippen LogP contribution in [0.3, 0.4) is 0 Å². The molecule has 0 aliphatic carbocycles. The zero-order valence-electron chi connectivity index (χ0n) is 12.6. The average Bonchev–Trinajstić information content (AvgIpc) is 2.82. The smallest absolute Gasteiger partial charge is 0.282 e. The molecular weight excluding hydrogens is 298 g/mol. The number of nitrogens with zero attached hydrogens (tertiary/aromatic N) is 3. The number of piperidine rings is 1. The molecule has 2 heterocycles. The summed E-state index contributed by atoms with van der Waals surface area (Å²) in [6.45, 7) is 4.54. The summed E-state index contributed by atoms with van der Waals surface area (Å²) in [7, 11) is 0.708. The molecule has 2 fully saturated rings. The molecule has 0 aromatic carbocycles. The Labute approximate surface area is 128 Å². The van der Waals surface area contributed by atoms with Gasteiger partial charge in [-0.15, -0.1) is 11.6 Å². The molecule has 2 aliphatic rings. The molecule has 0 aromatic rings. The zero-order chi connectivity index (χ0) is 14.9. The van der Waals surface area contributed by atoms with E-state index in [1.165, 1.54) is 0 Å². The van der Waals surface area contributed by atoms with Crippen LogP contribution in [0.5, 0.6) is 0 Å². The van der Waals surface area contributed by atoms with Gasteiger partial charge in [-0.05, 0) is 38.8 Å². The highest BCUT2D eigenvalue weighted by atomic mass is 35.5. The summed E-state index contributed by atoms with van der Waals surface area (Å²) >= 11 is 5.90. The Morgan fingerprint density at radius 3 is 2.45 bits per heavy atom. The molecule has 0 bridgehead atoms. The number of alkyl halides is 1. The topological polar surface area (TPSA) is 43.9 Å². The molecular formula is C13H26ClN3O2S. The third kappa shape index (κ3) is 3.30. The SMILES string of the molecule is CC1CN(S(=O)(=O)N2CCCC(CCl)C2)CC1N(C)C. The van der Waals surface area contributed by atoms with Gasteiger partial charge in [-0.1, -0.05) is 6.92 Å². The zero-order valence-corrected chi connectivity index (χ0v) is 14.2. The monoisotopic (exact) mass is 323 g/mol. The van der Waals surface area contributed by atoms with Crippen LogP contribution in [-0.4, -0.2) is 74.1 Å². The lowest BCUT2D eigenvalue weighted by molar-refractivity contribution is 0.253. The summed E-state index contributed by atoms with van der Waals surface area (Å²) < 4.78 is 28.8. The fourth-order valence-corrected chi connectivity index (χ4v) is 5.39. The maximum absolute atomic E-state index is 12.8. The second-order valence-corrected chi connectivity index (χ2v) is 8.59. The lowest BCUT2D eigenvalue weighted by Gasteiger charge is -2.33. The van der Waals surface area contributed by atoms with Crippen molar-refractivity contribution < 1.29 is 8.42 Å². The third-order valence-electron chi connectivity index (χ3n) is 4.55. The lowest BCUT2D eigenvalue weighted by atomic mass is 10.0. The molecule has 0 aromatic heterocycles. The molecule has 7 heteroatoms. The largest absolute Gasteiger partial charge is 0.305 e. The third-order valence-corrected chi connectivity index (χ3v) is 6.93. The van der Waals surface area contributed by atoms with Crippen LogP contribution in [0.25, 0.3) is 0 Å². The van der Waals surface area contributed by atoms with Crippen LogP contribution in [0, 0.1) is 11.8 Å². The second-order valence-electron chi connectivity index (χ2n) is 6.35. The summed E-state index contributed by atoms with van der Waals surface area (Å²) in [6.07, 6.45) is 1.95. The van der Waals surface area contributed by atoms with Crippen LogP contribution in [0.1, 0.15) is 19.8 Å². The fourth-order valence-electron chi connectivity index (χ4n) is 3.29. The second kappa shape index (κ2) is 6.48. The first kappa shape index (κ1) is 16.5. The minimum absolute atomic E-state index is 0.296. The average molecular weight is 324 g/mol. The number of likely N-dealkylation sites (N-methyl/N-ethyl adjacent to an activating group) is 1. The highest BCUT2D eigenvalue weighted by Crippen LogP contribution is 2.27. The molecule has 2 rings (SSSR count). The quantitative estimate of drug-likeness (QED) is 0.727. The number of hydrogen-bond donors (Lipinski definition) is 0. The van der Waals surface area contributed by atoms with Gasteiger partial charge in [-0.2, -0.15) is 17.0 Å². The van der Waals surface area contributed by atoms with Crippen molar-refractivity contribution in [2.24, 2.45) is 11.8 Å². The van der Waals surface area contributed by atoms with Gasteiger partial charge in [0, 0.05) is 38.1 Å². The Kier molecular flexibility index (Phi) is 5.34. The lowest BCUT2D eigenvalue weighted by Crippen LogP contribution is -2.48. The van der Waals surface area contributed by atoms with Gasteiger partial charge in [0.1, 0.15) is 0 Å². The van der Waals surface area contributed by atoms with Gasteiger partial charge in [0.25, 0.3) is 10.2 Å².